The van der Waals surface area contributed by atoms with Crippen LogP contribution in [0.1, 0.15) is 43.7 Å². The number of ether oxygens (including phenoxy) is 2. The van der Waals surface area contributed by atoms with Gasteiger partial charge in [-0.3, -0.25) is 0 Å². The van der Waals surface area contributed by atoms with Crippen LogP contribution in [0, 0.1) is 5.92 Å². The molecule has 3 nitrogen and oxygen atoms in total. The number of fused-ring (bicyclic) bond motifs is 1. The van der Waals surface area contributed by atoms with Gasteiger partial charge < -0.3 is 14.8 Å². The standard InChI is InChI=1S/C16H22BrNO2/c1-10(2)14-12(7-11-3-5-18-6-4-11)8-13-16(15(14)17)20-9-19-13/h8,10-11,18H,3-7,9H2,1-2H3. The van der Waals surface area contributed by atoms with Crippen LogP contribution in [-0.4, -0.2) is 19.9 Å². The van der Waals surface area contributed by atoms with Gasteiger partial charge in [0.1, 0.15) is 0 Å². The second-order valence-electron chi connectivity index (χ2n) is 6.05. The molecule has 0 spiro atoms. The summed E-state index contributed by atoms with van der Waals surface area (Å²) in [5.74, 6) is 3.03. The van der Waals surface area contributed by atoms with Crippen molar-refractivity contribution in [3.05, 3.63) is 21.7 Å². The molecule has 0 saturated carbocycles. The van der Waals surface area contributed by atoms with Crippen molar-refractivity contribution in [3.63, 3.8) is 0 Å². The number of halogens is 1. The highest BCUT2D eigenvalue weighted by Crippen LogP contribution is 2.46. The third-order valence-corrected chi connectivity index (χ3v) is 5.06. The molecule has 0 radical (unpaired) electrons. The van der Waals surface area contributed by atoms with Crippen molar-refractivity contribution in [2.24, 2.45) is 5.92 Å². The zero-order valence-electron chi connectivity index (χ0n) is 12.2. The van der Waals surface area contributed by atoms with Gasteiger partial charge in [-0.15, -0.1) is 0 Å². The Morgan fingerprint density at radius 3 is 2.75 bits per heavy atom. The lowest BCUT2D eigenvalue weighted by Gasteiger charge is -2.25. The van der Waals surface area contributed by atoms with Crippen LogP contribution >= 0.6 is 15.9 Å². The third kappa shape index (κ3) is 2.68. The Bertz CT molecular complexity index is 496. The maximum atomic E-state index is 5.59. The smallest absolute Gasteiger partial charge is 0.231 e. The first-order valence-corrected chi connectivity index (χ1v) is 8.27. The summed E-state index contributed by atoms with van der Waals surface area (Å²) in [7, 11) is 0. The zero-order chi connectivity index (χ0) is 14.1. The van der Waals surface area contributed by atoms with Gasteiger partial charge >= 0.3 is 0 Å². The lowest BCUT2D eigenvalue weighted by Crippen LogP contribution is -2.28. The Labute approximate surface area is 129 Å². The first-order valence-electron chi connectivity index (χ1n) is 7.48. The quantitative estimate of drug-likeness (QED) is 0.907. The SMILES string of the molecule is CC(C)c1c(CC2CCNCC2)cc2c(c1Br)OCO2. The van der Waals surface area contributed by atoms with Crippen molar-refractivity contribution in [3.8, 4) is 11.5 Å². The van der Waals surface area contributed by atoms with E-state index in [1.54, 1.807) is 0 Å². The van der Waals surface area contributed by atoms with Gasteiger partial charge in [-0.05, 0) is 77.3 Å². The molecule has 4 heteroatoms. The molecule has 0 aromatic heterocycles. The molecule has 1 saturated heterocycles. The van der Waals surface area contributed by atoms with E-state index in [1.165, 1.54) is 24.0 Å². The Hall–Kier alpha value is -0.740. The first kappa shape index (κ1) is 14.2. The third-order valence-electron chi connectivity index (χ3n) is 4.27. The summed E-state index contributed by atoms with van der Waals surface area (Å²) >= 11 is 3.73. The van der Waals surface area contributed by atoms with Gasteiger partial charge in [-0.2, -0.15) is 0 Å². The fraction of sp³-hybridized carbons (Fsp3) is 0.625. The molecule has 2 aliphatic rings. The molecule has 0 atom stereocenters. The monoisotopic (exact) mass is 339 g/mol. The van der Waals surface area contributed by atoms with Crippen LogP contribution in [0.25, 0.3) is 0 Å². The molecule has 1 aromatic rings. The highest BCUT2D eigenvalue weighted by Gasteiger charge is 2.25. The first-order chi connectivity index (χ1) is 9.66. The minimum Gasteiger partial charge on any atom is -0.454 e. The Kier molecular flexibility index (Phi) is 4.22. The second-order valence-corrected chi connectivity index (χ2v) is 6.84. The van der Waals surface area contributed by atoms with Crippen molar-refractivity contribution in [1.29, 1.82) is 0 Å². The number of hydrogen-bond acceptors (Lipinski definition) is 3. The summed E-state index contributed by atoms with van der Waals surface area (Å²) in [6.45, 7) is 7.12. The van der Waals surface area contributed by atoms with Gasteiger partial charge in [0.25, 0.3) is 0 Å². The molecule has 110 valence electrons. The van der Waals surface area contributed by atoms with E-state index < -0.39 is 0 Å². The molecule has 0 unspecified atom stereocenters. The number of rotatable bonds is 3. The van der Waals surface area contributed by atoms with Gasteiger partial charge in [-0.25, -0.2) is 0 Å². The van der Waals surface area contributed by atoms with Crippen molar-refractivity contribution in [1.82, 2.24) is 5.32 Å². The summed E-state index contributed by atoms with van der Waals surface area (Å²) in [6, 6.07) is 2.20. The van der Waals surface area contributed by atoms with Crippen LogP contribution in [0.4, 0.5) is 0 Å². The van der Waals surface area contributed by atoms with Crippen LogP contribution in [0.15, 0.2) is 10.5 Å². The van der Waals surface area contributed by atoms with E-state index >= 15 is 0 Å². The minimum absolute atomic E-state index is 0.336. The van der Waals surface area contributed by atoms with Crippen molar-refractivity contribution >= 4 is 15.9 Å². The molecule has 1 fully saturated rings. The Morgan fingerprint density at radius 2 is 2.05 bits per heavy atom. The molecule has 0 aliphatic carbocycles. The Balaban J connectivity index is 1.94. The van der Waals surface area contributed by atoms with Gasteiger partial charge in [0, 0.05) is 0 Å². The molecule has 1 N–H and O–H groups in total. The van der Waals surface area contributed by atoms with E-state index in [9.17, 15) is 0 Å². The fourth-order valence-electron chi connectivity index (χ4n) is 3.26. The van der Waals surface area contributed by atoms with Crippen LogP contribution in [0.3, 0.4) is 0 Å². The summed E-state index contributed by atoms with van der Waals surface area (Å²) in [5, 5.41) is 3.44. The normalized spacial score (nSPS) is 18.8. The average molecular weight is 340 g/mol. The predicted molar refractivity (Wildman–Crippen MR) is 83.7 cm³/mol. The number of benzene rings is 1. The molecule has 2 aliphatic heterocycles. The molecular formula is C16H22BrNO2. The molecular weight excluding hydrogens is 318 g/mol. The topological polar surface area (TPSA) is 30.5 Å². The molecule has 0 bridgehead atoms. The van der Waals surface area contributed by atoms with Gasteiger partial charge in [0.05, 0.1) is 4.47 Å². The zero-order valence-corrected chi connectivity index (χ0v) is 13.8. The summed E-state index contributed by atoms with van der Waals surface area (Å²) < 4.78 is 12.3. The van der Waals surface area contributed by atoms with E-state index in [2.05, 4.69) is 41.2 Å². The molecule has 0 amide bonds. The van der Waals surface area contributed by atoms with E-state index in [0.29, 0.717) is 12.7 Å². The highest BCUT2D eigenvalue weighted by atomic mass is 79.9. The number of piperidine rings is 1. The van der Waals surface area contributed by atoms with Crippen LogP contribution in [0.5, 0.6) is 11.5 Å². The van der Waals surface area contributed by atoms with Crippen LogP contribution in [0.2, 0.25) is 0 Å². The number of nitrogens with one attached hydrogen (secondary N) is 1. The molecule has 3 rings (SSSR count). The maximum absolute atomic E-state index is 5.59. The molecule has 2 heterocycles. The van der Waals surface area contributed by atoms with E-state index in [4.69, 9.17) is 9.47 Å². The maximum Gasteiger partial charge on any atom is 0.231 e. The summed E-state index contributed by atoms with van der Waals surface area (Å²) in [5.41, 5.74) is 2.80. The summed E-state index contributed by atoms with van der Waals surface area (Å²) in [4.78, 5) is 0. The highest BCUT2D eigenvalue weighted by molar-refractivity contribution is 9.10. The van der Waals surface area contributed by atoms with E-state index in [0.717, 1.165) is 41.4 Å². The lowest BCUT2D eigenvalue weighted by atomic mass is 9.86. The van der Waals surface area contributed by atoms with Gasteiger partial charge in [-0.1, -0.05) is 13.8 Å². The second kappa shape index (κ2) is 5.94. The average Bonchev–Trinajstić information content (AvgIpc) is 2.88. The Morgan fingerprint density at radius 1 is 1.30 bits per heavy atom. The largest absolute Gasteiger partial charge is 0.454 e. The molecule has 20 heavy (non-hydrogen) atoms. The van der Waals surface area contributed by atoms with Crippen molar-refractivity contribution < 1.29 is 9.47 Å². The fourth-order valence-corrected chi connectivity index (χ4v) is 4.28. The van der Waals surface area contributed by atoms with Crippen molar-refractivity contribution in [2.75, 3.05) is 19.9 Å². The molecule has 1 aromatic carbocycles. The lowest BCUT2D eigenvalue weighted by molar-refractivity contribution is 0.173. The van der Waals surface area contributed by atoms with E-state index in [-0.39, 0.29) is 0 Å². The van der Waals surface area contributed by atoms with Crippen LogP contribution in [-0.2, 0) is 6.42 Å². The van der Waals surface area contributed by atoms with Gasteiger partial charge in [0.2, 0.25) is 6.79 Å². The summed E-state index contributed by atoms with van der Waals surface area (Å²) in [6.07, 6.45) is 3.68. The predicted octanol–water partition coefficient (Wildman–Crippen LogP) is 3.84. The van der Waals surface area contributed by atoms with Crippen LogP contribution < -0.4 is 14.8 Å². The van der Waals surface area contributed by atoms with Gasteiger partial charge in [0.15, 0.2) is 11.5 Å². The van der Waals surface area contributed by atoms with Crippen molar-refractivity contribution in [2.45, 2.75) is 39.0 Å². The van der Waals surface area contributed by atoms with E-state index in [1.807, 2.05) is 0 Å². The minimum atomic E-state index is 0.336. The number of hydrogen-bond donors (Lipinski definition) is 1.